The van der Waals surface area contributed by atoms with Gasteiger partial charge in [-0.25, -0.2) is 0 Å². The van der Waals surface area contributed by atoms with E-state index in [0.29, 0.717) is 0 Å². The van der Waals surface area contributed by atoms with Crippen LogP contribution in [0, 0.1) is 5.41 Å². The van der Waals surface area contributed by atoms with Crippen LogP contribution in [0.2, 0.25) is 0 Å². The molecule has 2 aliphatic rings. The predicted octanol–water partition coefficient (Wildman–Crippen LogP) is 2.13. The highest BCUT2D eigenvalue weighted by molar-refractivity contribution is 6.02. The van der Waals surface area contributed by atoms with Crippen molar-refractivity contribution in [3.8, 4) is 0 Å². The van der Waals surface area contributed by atoms with Crippen LogP contribution < -0.4 is 0 Å². The van der Waals surface area contributed by atoms with E-state index in [2.05, 4.69) is 6.07 Å². The standard InChI is InChI=1S/C14H16O2/c15-9-14(6-7-14)13(16)12-5-4-10-2-1-3-11(10)8-12/h4-5,8,15H,1-3,6-7,9H2. The van der Waals surface area contributed by atoms with E-state index >= 15 is 0 Å². The van der Waals surface area contributed by atoms with Gasteiger partial charge in [0.05, 0.1) is 12.0 Å². The maximum atomic E-state index is 12.2. The van der Waals surface area contributed by atoms with Crippen molar-refractivity contribution >= 4 is 5.78 Å². The summed E-state index contributed by atoms with van der Waals surface area (Å²) in [5, 5.41) is 9.26. The monoisotopic (exact) mass is 216 g/mol. The smallest absolute Gasteiger partial charge is 0.171 e. The molecule has 0 radical (unpaired) electrons. The minimum atomic E-state index is -0.424. The van der Waals surface area contributed by atoms with Crippen LogP contribution in [0.5, 0.6) is 0 Å². The molecule has 84 valence electrons. The summed E-state index contributed by atoms with van der Waals surface area (Å²) in [4.78, 5) is 12.2. The molecule has 0 bridgehead atoms. The van der Waals surface area contributed by atoms with E-state index in [4.69, 9.17) is 0 Å². The first-order valence-corrected chi connectivity index (χ1v) is 6.03. The van der Waals surface area contributed by atoms with Gasteiger partial charge in [-0.2, -0.15) is 0 Å². The highest BCUT2D eigenvalue weighted by Gasteiger charge is 2.49. The van der Waals surface area contributed by atoms with E-state index in [1.54, 1.807) is 0 Å². The van der Waals surface area contributed by atoms with Gasteiger partial charge in [0, 0.05) is 5.56 Å². The van der Waals surface area contributed by atoms with Crippen LogP contribution >= 0.6 is 0 Å². The van der Waals surface area contributed by atoms with Crippen molar-refractivity contribution < 1.29 is 9.90 Å². The molecule has 0 saturated heterocycles. The topological polar surface area (TPSA) is 37.3 Å². The number of carbonyl (C=O) groups excluding carboxylic acids is 1. The third kappa shape index (κ3) is 1.40. The number of ketones is 1. The third-order valence-electron chi connectivity index (χ3n) is 4.00. The molecule has 2 aliphatic carbocycles. The Hall–Kier alpha value is -1.15. The second-order valence-electron chi connectivity index (χ2n) is 5.10. The highest BCUT2D eigenvalue weighted by atomic mass is 16.3. The molecule has 0 aliphatic heterocycles. The summed E-state index contributed by atoms with van der Waals surface area (Å²) in [5.41, 5.74) is 3.10. The maximum absolute atomic E-state index is 12.2. The second-order valence-corrected chi connectivity index (χ2v) is 5.10. The number of carbonyl (C=O) groups is 1. The summed E-state index contributed by atoms with van der Waals surface area (Å²) in [5.74, 6) is 0.143. The number of aliphatic hydroxyl groups excluding tert-OH is 1. The molecule has 0 atom stereocenters. The van der Waals surface area contributed by atoms with Crippen LogP contribution in [0.25, 0.3) is 0 Å². The Morgan fingerprint density at radius 1 is 1.25 bits per heavy atom. The molecule has 0 aromatic heterocycles. The average Bonchev–Trinajstić information content (AvgIpc) is 2.98. The number of aliphatic hydroxyl groups is 1. The van der Waals surface area contributed by atoms with Crippen molar-refractivity contribution in [2.24, 2.45) is 5.41 Å². The van der Waals surface area contributed by atoms with E-state index in [1.165, 1.54) is 17.5 Å². The molecule has 1 aromatic carbocycles. The Morgan fingerprint density at radius 2 is 2.00 bits per heavy atom. The predicted molar refractivity (Wildman–Crippen MR) is 61.6 cm³/mol. The molecule has 0 amide bonds. The van der Waals surface area contributed by atoms with Crippen molar-refractivity contribution in [3.63, 3.8) is 0 Å². The van der Waals surface area contributed by atoms with Gasteiger partial charge in [-0.15, -0.1) is 0 Å². The largest absolute Gasteiger partial charge is 0.395 e. The molecule has 0 heterocycles. The first-order valence-electron chi connectivity index (χ1n) is 6.03. The molecule has 3 rings (SSSR count). The quantitative estimate of drug-likeness (QED) is 0.786. The minimum absolute atomic E-state index is 0.00289. The van der Waals surface area contributed by atoms with Crippen molar-refractivity contribution in [1.82, 2.24) is 0 Å². The van der Waals surface area contributed by atoms with E-state index in [1.807, 2.05) is 12.1 Å². The summed E-state index contributed by atoms with van der Waals surface area (Å²) in [6.45, 7) is 0.00289. The molecule has 2 heteroatoms. The second kappa shape index (κ2) is 3.42. The van der Waals surface area contributed by atoms with Crippen molar-refractivity contribution in [3.05, 3.63) is 34.9 Å². The normalized spacial score (nSPS) is 20.6. The highest BCUT2D eigenvalue weighted by Crippen LogP contribution is 2.47. The number of benzene rings is 1. The van der Waals surface area contributed by atoms with E-state index in [0.717, 1.165) is 31.2 Å². The summed E-state index contributed by atoms with van der Waals surface area (Å²) >= 11 is 0. The van der Waals surface area contributed by atoms with Crippen LogP contribution in [-0.4, -0.2) is 17.5 Å². The van der Waals surface area contributed by atoms with Gasteiger partial charge >= 0.3 is 0 Å². The Balaban J connectivity index is 1.93. The van der Waals surface area contributed by atoms with Crippen LogP contribution in [0.15, 0.2) is 18.2 Å². The molecule has 2 nitrogen and oxygen atoms in total. The Kier molecular flexibility index (Phi) is 2.15. The molecule has 0 unspecified atom stereocenters. The first-order chi connectivity index (χ1) is 7.75. The maximum Gasteiger partial charge on any atom is 0.171 e. The van der Waals surface area contributed by atoms with Gasteiger partial charge in [0.1, 0.15) is 0 Å². The van der Waals surface area contributed by atoms with Gasteiger partial charge < -0.3 is 5.11 Å². The Labute approximate surface area is 95.3 Å². The SMILES string of the molecule is O=C(c1ccc2c(c1)CCC2)C1(CO)CC1. The van der Waals surface area contributed by atoms with E-state index < -0.39 is 5.41 Å². The van der Waals surface area contributed by atoms with Gasteiger partial charge in [0.25, 0.3) is 0 Å². The summed E-state index contributed by atoms with van der Waals surface area (Å²) in [7, 11) is 0. The van der Waals surface area contributed by atoms with Crippen LogP contribution in [0.1, 0.15) is 40.7 Å². The Morgan fingerprint density at radius 3 is 2.69 bits per heavy atom. The van der Waals surface area contributed by atoms with Crippen molar-refractivity contribution in [2.75, 3.05) is 6.61 Å². The zero-order chi connectivity index (χ0) is 11.2. The van der Waals surface area contributed by atoms with Crippen molar-refractivity contribution in [1.29, 1.82) is 0 Å². The number of fused-ring (bicyclic) bond motifs is 1. The lowest BCUT2D eigenvalue weighted by molar-refractivity contribution is 0.0829. The van der Waals surface area contributed by atoms with E-state index in [-0.39, 0.29) is 12.4 Å². The summed E-state index contributed by atoms with van der Waals surface area (Å²) < 4.78 is 0. The average molecular weight is 216 g/mol. The molecule has 1 N–H and O–H groups in total. The fourth-order valence-corrected chi connectivity index (χ4v) is 2.63. The lowest BCUT2D eigenvalue weighted by Crippen LogP contribution is -2.20. The summed E-state index contributed by atoms with van der Waals surface area (Å²) in [6, 6.07) is 6.06. The number of hydrogen-bond donors (Lipinski definition) is 1. The van der Waals surface area contributed by atoms with Crippen LogP contribution in [0.4, 0.5) is 0 Å². The number of Topliss-reactive ketones (excluding diaryl/α,β-unsaturated/α-hetero) is 1. The summed E-state index contributed by atoms with van der Waals surface area (Å²) in [6.07, 6.45) is 5.15. The molecule has 0 spiro atoms. The number of aryl methyl sites for hydroxylation is 2. The first kappa shape index (κ1) is 10.0. The molecule has 1 saturated carbocycles. The van der Waals surface area contributed by atoms with Crippen LogP contribution in [0.3, 0.4) is 0 Å². The Bertz CT molecular complexity index is 444. The molecule has 16 heavy (non-hydrogen) atoms. The van der Waals surface area contributed by atoms with Gasteiger partial charge in [-0.1, -0.05) is 12.1 Å². The lowest BCUT2D eigenvalue weighted by Gasteiger charge is -2.11. The fourth-order valence-electron chi connectivity index (χ4n) is 2.63. The van der Waals surface area contributed by atoms with Gasteiger partial charge in [0.2, 0.25) is 0 Å². The molecular formula is C14H16O2. The zero-order valence-electron chi connectivity index (χ0n) is 9.33. The number of rotatable bonds is 3. The molecule has 1 aromatic rings. The van der Waals surface area contributed by atoms with Gasteiger partial charge in [0.15, 0.2) is 5.78 Å². The van der Waals surface area contributed by atoms with Gasteiger partial charge in [-0.3, -0.25) is 4.79 Å². The van der Waals surface area contributed by atoms with Crippen LogP contribution in [-0.2, 0) is 12.8 Å². The van der Waals surface area contributed by atoms with Crippen molar-refractivity contribution in [2.45, 2.75) is 32.1 Å². The third-order valence-corrected chi connectivity index (χ3v) is 4.00. The minimum Gasteiger partial charge on any atom is -0.395 e. The zero-order valence-corrected chi connectivity index (χ0v) is 9.33. The number of hydrogen-bond acceptors (Lipinski definition) is 2. The molecular weight excluding hydrogens is 200 g/mol. The van der Waals surface area contributed by atoms with E-state index in [9.17, 15) is 9.90 Å². The van der Waals surface area contributed by atoms with Gasteiger partial charge in [-0.05, 0) is 49.3 Å². The fraction of sp³-hybridized carbons (Fsp3) is 0.500. The molecule has 1 fully saturated rings. The lowest BCUT2D eigenvalue weighted by atomic mass is 9.93.